The Balaban J connectivity index is 1.64. The van der Waals surface area contributed by atoms with Crippen molar-refractivity contribution in [2.24, 2.45) is 4.99 Å². The molecule has 0 radical (unpaired) electrons. The van der Waals surface area contributed by atoms with Crippen LogP contribution in [0, 0.1) is 0 Å². The van der Waals surface area contributed by atoms with E-state index in [0.717, 1.165) is 35.5 Å². The molecule has 164 valence electrons. The lowest BCUT2D eigenvalue weighted by Crippen LogP contribution is -2.38. The molecule has 0 amide bonds. The molecule has 2 N–H and O–H groups in total. The van der Waals surface area contributed by atoms with E-state index in [4.69, 9.17) is 0 Å². The number of hydrogen-bond acceptors (Lipinski definition) is 5. The predicted octanol–water partition coefficient (Wildman–Crippen LogP) is 3.31. The number of rotatable bonds is 7. The average Bonchev–Trinajstić information content (AvgIpc) is 3.24. The Morgan fingerprint density at radius 3 is 2.53 bits per heavy atom. The van der Waals surface area contributed by atoms with Crippen LogP contribution in [0.5, 0.6) is 0 Å². The van der Waals surface area contributed by atoms with Crippen LogP contribution in [0.15, 0.2) is 39.5 Å². The Morgan fingerprint density at radius 2 is 1.87 bits per heavy atom. The molecule has 1 aliphatic heterocycles. The molecular weight excluding hydrogens is 418 g/mol. The lowest BCUT2D eigenvalue weighted by Gasteiger charge is -2.27. The fourth-order valence-corrected chi connectivity index (χ4v) is 6.01. The van der Waals surface area contributed by atoms with Crippen molar-refractivity contribution in [3.63, 3.8) is 0 Å². The van der Waals surface area contributed by atoms with Crippen molar-refractivity contribution < 1.29 is 8.42 Å². The third-order valence-electron chi connectivity index (χ3n) is 5.14. The highest BCUT2D eigenvalue weighted by atomic mass is 32.2. The molecule has 1 aromatic carbocycles. The van der Waals surface area contributed by atoms with E-state index in [0.29, 0.717) is 43.0 Å². The second-order valence-corrected chi connectivity index (χ2v) is 10.5. The Kier molecular flexibility index (Phi) is 7.85. The van der Waals surface area contributed by atoms with E-state index in [1.807, 2.05) is 12.1 Å². The zero-order valence-corrected chi connectivity index (χ0v) is 19.5. The highest BCUT2D eigenvalue weighted by Crippen LogP contribution is 2.23. The summed E-state index contributed by atoms with van der Waals surface area (Å²) in [5, 5.41) is 9.57. The number of aliphatic imine (C=N–C) groups is 1. The predicted molar refractivity (Wildman–Crippen MR) is 122 cm³/mol. The number of nitrogens with one attached hydrogen (secondary N) is 2. The second-order valence-electron chi connectivity index (χ2n) is 7.67. The van der Waals surface area contributed by atoms with Gasteiger partial charge in [0.1, 0.15) is 5.01 Å². The van der Waals surface area contributed by atoms with Gasteiger partial charge in [-0.25, -0.2) is 13.4 Å². The number of piperidine rings is 1. The molecule has 0 aliphatic carbocycles. The van der Waals surface area contributed by atoms with Crippen LogP contribution in [-0.4, -0.2) is 43.8 Å². The number of thiazole rings is 1. The molecule has 1 aromatic heterocycles. The fraction of sp³-hybridized carbons (Fsp3) is 0.524. The van der Waals surface area contributed by atoms with Crippen LogP contribution in [0.1, 0.15) is 55.3 Å². The van der Waals surface area contributed by atoms with Gasteiger partial charge in [0, 0.05) is 32.1 Å². The van der Waals surface area contributed by atoms with Gasteiger partial charge in [0.05, 0.1) is 17.1 Å². The summed E-state index contributed by atoms with van der Waals surface area (Å²) in [6.45, 7) is 6.39. The molecule has 0 unspecified atom stereocenters. The van der Waals surface area contributed by atoms with E-state index < -0.39 is 10.0 Å². The summed E-state index contributed by atoms with van der Waals surface area (Å²) in [7, 11) is -1.78. The van der Waals surface area contributed by atoms with E-state index in [-0.39, 0.29) is 0 Å². The molecule has 30 heavy (non-hydrogen) atoms. The van der Waals surface area contributed by atoms with Crippen molar-refractivity contribution in [1.29, 1.82) is 0 Å². The normalized spacial score (nSPS) is 16.1. The minimum absolute atomic E-state index is 0.372. The van der Waals surface area contributed by atoms with Gasteiger partial charge in [0.25, 0.3) is 0 Å². The Labute approximate surface area is 183 Å². The first-order valence-corrected chi connectivity index (χ1v) is 12.7. The molecule has 0 saturated carbocycles. The van der Waals surface area contributed by atoms with Crippen LogP contribution in [0.3, 0.4) is 0 Å². The maximum absolute atomic E-state index is 13.1. The van der Waals surface area contributed by atoms with Crippen LogP contribution in [0.2, 0.25) is 0 Å². The summed E-state index contributed by atoms with van der Waals surface area (Å²) >= 11 is 1.63. The first-order chi connectivity index (χ1) is 14.4. The minimum Gasteiger partial charge on any atom is -0.352 e. The van der Waals surface area contributed by atoms with Crippen molar-refractivity contribution in [2.75, 3.05) is 20.1 Å². The molecule has 3 rings (SSSR count). The number of hydrogen-bond donors (Lipinski definition) is 2. The van der Waals surface area contributed by atoms with Crippen LogP contribution < -0.4 is 10.6 Å². The number of nitrogens with zero attached hydrogens (tertiary/aromatic N) is 3. The maximum atomic E-state index is 13.1. The SMILES string of the molecule is CN=C(NCc1nc(C(C)C)cs1)NCc1ccccc1S(=O)(=O)N1CCCCC1. The van der Waals surface area contributed by atoms with Crippen LogP contribution in [0.25, 0.3) is 0 Å². The van der Waals surface area contributed by atoms with E-state index in [1.165, 1.54) is 0 Å². The molecule has 0 atom stereocenters. The third-order valence-corrected chi connectivity index (χ3v) is 8.01. The Hall–Kier alpha value is -1.97. The molecule has 0 spiro atoms. The lowest BCUT2D eigenvalue weighted by atomic mass is 10.2. The number of aromatic nitrogens is 1. The fourth-order valence-electron chi connectivity index (χ4n) is 3.38. The highest BCUT2D eigenvalue weighted by Gasteiger charge is 2.27. The van der Waals surface area contributed by atoms with Gasteiger partial charge >= 0.3 is 0 Å². The quantitative estimate of drug-likeness (QED) is 0.500. The standard InChI is InChI=1S/C21H31N5O2S2/c1-16(2)18-15-29-20(25-18)14-24-21(22-3)23-13-17-9-5-6-10-19(17)30(27,28)26-11-7-4-8-12-26/h5-6,9-10,15-16H,4,7-8,11-14H2,1-3H3,(H2,22,23,24). The zero-order chi connectivity index (χ0) is 21.6. The van der Waals surface area contributed by atoms with Gasteiger partial charge in [-0.3, -0.25) is 4.99 Å². The molecule has 1 fully saturated rings. The first-order valence-electron chi connectivity index (χ1n) is 10.4. The topological polar surface area (TPSA) is 86.7 Å². The molecule has 2 aromatic rings. The van der Waals surface area contributed by atoms with E-state index in [9.17, 15) is 8.42 Å². The van der Waals surface area contributed by atoms with Crippen molar-refractivity contribution >= 4 is 27.3 Å². The summed E-state index contributed by atoms with van der Waals surface area (Å²) in [5.74, 6) is 1.02. The number of benzene rings is 1. The Bertz CT molecular complexity index is 963. The van der Waals surface area contributed by atoms with Gasteiger partial charge in [-0.05, 0) is 30.4 Å². The van der Waals surface area contributed by atoms with E-state index >= 15 is 0 Å². The van der Waals surface area contributed by atoms with Gasteiger partial charge in [0.15, 0.2) is 5.96 Å². The summed E-state index contributed by atoms with van der Waals surface area (Å²) < 4.78 is 27.9. The molecule has 0 bridgehead atoms. The maximum Gasteiger partial charge on any atom is 0.243 e. The molecular formula is C21H31N5O2S2. The van der Waals surface area contributed by atoms with Crippen molar-refractivity contribution in [3.8, 4) is 0 Å². The van der Waals surface area contributed by atoms with Gasteiger partial charge in [-0.1, -0.05) is 38.5 Å². The third kappa shape index (κ3) is 5.59. The lowest BCUT2D eigenvalue weighted by molar-refractivity contribution is 0.346. The van der Waals surface area contributed by atoms with E-state index in [2.05, 4.69) is 39.8 Å². The van der Waals surface area contributed by atoms with Gasteiger partial charge in [-0.2, -0.15) is 4.31 Å². The van der Waals surface area contributed by atoms with E-state index in [1.54, 1.807) is 34.8 Å². The molecule has 1 aliphatic rings. The van der Waals surface area contributed by atoms with Crippen LogP contribution in [0.4, 0.5) is 0 Å². The molecule has 1 saturated heterocycles. The summed E-state index contributed by atoms with van der Waals surface area (Å²) in [6, 6.07) is 7.20. The molecule has 9 heteroatoms. The van der Waals surface area contributed by atoms with Gasteiger partial charge in [-0.15, -0.1) is 11.3 Å². The first kappa shape index (κ1) is 22.7. The summed E-state index contributed by atoms with van der Waals surface area (Å²) in [6.07, 6.45) is 2.94. The number of guanidine groups is 1. The van der Waals surface area contributed by atoms with Crippen LogP contribution >= 0.6 is 11.3 Å². The van der Waals surface area contributed by atoms with Crippen molar-refractivity contribution in [1.82, 2.24) is 19.9 Å². The minimum atomic E-state index is -3.48. The summed E-state index contributed by atoms with van der Waals surface area (Å²) in [4.78, 5) is 9.25. The van der Waals surface area contributed by atoms with Gasteiger partial charge in [0.2, 0.25) is 10.0 Å². The molecule has 7 nitrogen and oxygen atoms in total. The van der Waals surface area contributed by atoms with Crippen molar-refractivity contribution in [3.05, 3.63) is 45.9 Å². The van der Waals surface area contributed by atoms with Crippen molar-refractivity contribution in [2.45, 2.75) is 57.0 Å². The second kappa shape index (κ2) is 10.4. The zero-order valence-electron chi connectivity index (χ0n) is 17.9. The highest BCUT2D eigenvalue weighted by molar-refractivity contribution is 7.89. The average molecular weight is 450 g/mol. The van der Waals surface area contributed by atoms with Gasteiger partial charge < -0.3 is 10.6 Å². The van der Waals surface area contributed by atoms with Crippen LogP contribution in [-0.2, 0) is 23.1 Å². The molecule has 2 heterocycles. The number of sulfonamides is 1. The monoisotopic (exact) mass is 449 g/mol. The Morgan fingerprint density at radius 1 is 1.17 bits per heavy atom. The largest absolute Gasteiger partial charge is 0.352 e. The summed E-state index contributed by atoms with van der Waals surface area (Å²) in [5.41, 5.74) is 1.83. The smallest absolute Gasteiger partial charge is 0.243 e.